The average molecular weight is 285 g/mol. The molecule has 1 aliphatic rings. The highest BCUT2D eigenvalue weighted by Gasteiger charge is 2.31. The van der Waals surface area contributed by atoms with E-state index in [0.29, 0.717) is 13.1 Å². The molecule has 6 heteroatoms. The fraction of sp³-hybridized carbons (Fsp3) is 1.00. The van der Waals surface area contributed by atoms with E-state index < -0.39 is 10.0 Å². The number of rotatable bonds is 5. The Kier molecular flexibility index (Phi) is 7.63. The smallest absolute Gasteiger partial charge is 0.214 e. The molecule has 4 nitrogen and oxygen atoms in total. The number of nitrogens with zero attached hydrogens (tertiary/aromatic N) is 1. The minimum absolute atomic E-state index is 0. The van der Waals surface area contributed by atoms with Gasteiger partial charge in [0.05, 0.1) is 5.75 Å². The largest absolute Gasteiger partial charge is 0.329 e. The minimum atomic E-state index is -3.10. The Morgan fingerprint density at radius 3 is 2.59 bits per heavy atom. The van der Waals surface area contributed by atoms with Crippen molar-refractivity contribution in [3.05, 3.63) is 0 Å². The first-order valence-electron chi connectivity index (χ1n) is 6.20. The Labute approximate surface area is 111 Å². The molecule has 1 saturated heterocycles. The molecule has 1 heterocycles. The maximum absolute atomic E-state index is 12.2. The van der Waals surface area contributed by atoms with E-state index in [1.165, 1.54) is 0 Å². The fourth-order valence-electron chi connectivity index (χ4n) is 2.15. The lowest BCUT2D eigenvalue weighted by Gasteiger charge is -2.34. The van der Waals surface area contributed by atoms with Crippen molar-refractivity contribution in [3.8, 4) is 0 Å². The van der Waals surface area contributed by atoms with Gasteiger partial charge in [0.1, 0.15) is 0 Å². The van der Waals surface area contributed by atoms with Gasteiger partial charge in [-0.05, 0) is 18.8 Å². The lowest BCUT2D eigenvalue weighted by atomic mass is 10.1. The highest BCUT2D eigenvalue weighted by Crippen LogP contribution is 2.21. The molecule has 2 atom stereocenters. The summed E-state index contributed by atoms with van der Waals surface area (Å²) in [6.45, 7) is 5.11. The van der Waals surface area contributed by atoms with Crippen molar-refractivity contribution in [2.24, 2.45) is 11.7 Å². The Morgan fingerprint density at radius 2 is 2.06 bits per heavy atom. The SMILES string of the molecule is CCC(C)CS(=O)(=O)N1CCCCC1CN.Cl. The first-order chi connectivity index (χ1) is 7.51. The predicted molar refractivity (Wildman–Crippen MR) is 73.9 cm³/mol. The van der Waals surface area contributed by atoms with Crippen molar-refractivity contribution in [2.75, 3.05) is 18.8 Å². The monoisotopic (exact) mass is 284 g/mol. The highest BCUT2D eigenvalue weighted by molar-refractivity contribution is 7.89. The van der Waals surface area contributed by atoms with Gasteiger partial charge in [0.25, 0.3) is 0 Å². The van der Waals surface area contributed by atoms with Crippen LogP contribution in [0.5, 0.6) is 0 Å². The first kappa shape index (κ1) is 17.2. The summed E-state index contributed by atoms with van der Waals surface area (Å²) in [5.41, 5.74) is 5.65. The third-order valence-corrected chi connectivity index (χ3v) is 5.58. The van der Waals surface area contributed by atoms with Crippen molar-refractivity contribution in [1.82, 2.24) is 4.31 Å². The zero-order valence-corrected chi connectivity index (χ0v) is 12.4. The molecule has 0 aliphatic carbocycles. The average Bonchev–Trinajstić information content (AvgIpc) is 2.28. The van der Waals surface area contributed by atoms with Gasteiger partial charge in [0.2, 0.25) is 10.0 Å². The second kappa shape index (κ2) is 7.56. The lowest BCUT2D eigenvalue weighted by molar-refractivity contribution is 0.256. The van der Waals surface area contributed by atoms with Gasteiger partial charge in [0, 0.05) is 19.1 Å². The van der Waals surface area contributed by atoms with Crippen LogP contribution < -0.4 is 5.73 Å². The molecular weight excluding hydrogens is 260 g/mol. The number of hydrogen-bond donors (Lipinski definition) is 1. The van der Waals surface area contributed by atoms with Gasteiger partial charge in [0.15, 0.2) is 0 Å². The molecule has 0 aromatic heterocycles. The number of halogens is 1. The van der Waals surface area contributed by atoms with Crippen LogP contribution in [0.25, 0.3) is 0 Å². The van der Waals surface area contributed by atoms with Gasteiger partial charge < -0.3 is 5.73 Å². The standard InChI is InChI=1S/C11H24N2O2S.ClH/c1-3-10(2)9-16(14,15)13-7-5-4-6-11(13)8-12;/h10-11H,3-9,12H2,1-2H3;1H. The summed E-state index contributed by atoms with van der Waals surface area (Å²) in [5.74, 6) is 0.491. The molecule has 1 fully saturated rings. The van der Waals surface area contributed by atoms with Gasteiger partial charge >= 0.3 is 0 Å². The number of sulfonamides is 1. The summed E-state index contributed by atoms with van der Waals surface area (Å²) >= 11 is 0. The third-order valence-electron chi connectivity index (χ3n) is 3.39. The van der Waals surface area contributed by atoms with Crippen LogP contribution >= 0.6 is 12.4 Å². The van der Waals surface area contributed by atoms with Gasteiger partial charge in [-0.15, -0.1) is 12.4 Å². The van der Waals surface area contributed by atoms with Gasteiger partial charge in [-0.2, -0.15) is 4.31 Å². The van der Waals surface area contributed by atoms with E-state index in [1.54, 1.807) is 4.31 Å². The van der Waals surface area contributed by atoms with Gasteiger partial charge in [-0.1, -0.05) is 26.7 Å². The maximum atomic E-state index is 12.2. The fourth-order valence-corrected chi connectivity index (χ4v) is 4.35. The zero-order valence-electron chi connectivity index (χ0n) is 10.8. The van der Waals surface area contributed by atoms with Crippen molar-refractivity contribution < 1.29 is 8.42 Å². The molecule has 2 unspecified atom stereocenters. The second-order valence-electron chi connectivity index (χ2n) is 4.79. The van der Waals surface area contributed by atoms with E-state index in [0.717, 1.165) is 25.7 Å². The number of hydrogen-bond acceptors (Lipinski definition) is 3. The topological polar surface area (TPSA) is 63.4 Å². The molecule has 0 amide bonds. The normalized spacial score (nSPS) is 24.1. The van der Waals surface area contributed by atoms with Crippen LogP contribution in [0.1, 0.15) is 39.5 Å². The molecular formula is C11H25ClN2O2S. The lowest BCUT2D eigenvalue weighted by Crippen LogP contribution is -2.48. The van der Waals surface area contributed by atoms with Crippen LogP contribution in [-0.2, 0) is 10.0 Å². The van der Waals surface area contributed by atoms with E-state index in [1.807, 2.05) is 13.8 Å². The minimum Gasteiger partial charge on any atom is -0.329 e. The van der Waals surface area contributed by atoms with Gasteiger partial charge in [-0.3, -0.25) is 0 Å². The van der Waals surface area contributed by atoms with E-state index >= 15 is 0 Å². The molecule has 2 N–H and O–H groups in total. The van der Waals surface area contributed by atoms with E-state index in [4.69, 9.17) is 5.73 Å². The molecule has 1 aliphatic heterocycles. The second-order valence-corrected chi connectivity index (χ2v) is 6.75. The zero-order chi connectivity index (χ0) is 12.2. The summed E-state index contributed by atoms with van der Waals surface area (Å²) in [5, 5.41) is 0. The van der Waals surface area contributed by atoms with Crippen LogP contribution in [0, 0.1) is 5.92 Å². The molecule has 104 valence electrons. The van der Waals surface area contributed by atoms with Crippen molar-refractivity contribution in [1.29, 1.82) is 0 Å². The molecule has 17 heavy (non-hydrogen) atoms. The summed E-state index contributed by atoms with van der Waals surface area (Å²) in [4.78, 5) is 0. The third kappa shape index (κ3) is 4.73. The molecule has 0 spiro atoms. The van der Waals surface area contributed by atoms with Crippen molar-refractivity contribution >= 4 is 22.4 Å². The predicted octanol–water partition coefficient (Wildman–Crippen LogP) is 1.60. The summed E-state index contributed by atoms with van der Waals surface area (Å²) in [6, 6.07) is 0.0304. The van der Waals surface area contributed by atoms with E-state index in [-0.39, 0.29) is 30.1 Å². The number of nitrogens with two attached hydrogens (primary N) is 1. The number of piperidine rings is 1. The van der Waals surface area contributed by atoms with E-state index in [9.17, 15) is 8.42 Å². The van der Waals surface area contributed by atoms with Crippen LogP contribution in [0.2, 0.25) is 0 Å². The Hall–Kier alpha value is 0.160. The Morgan fingerprint density at radius 1 is 1.41 bits per heavy atom. The molecule has 1 rings (SSSR count). The van der Waals surface area contributed by atoms with Crippen LogP contribution in [0.4, 0.5) is 0 Å². The maximum Gasteiger partial charge on any atom is 0.214 e. The summed E-state index contributed by atoms with van der Waals surface area (Å²) in [6.07, 6.45) is 3.88. The molecule has 0 aromatic carbocycles. The quantitative estimate of drug-likeness (QED) is 0.834. The Bertz CT molecular complexity index is 309. The molecule has 0 saturated carbocycles. The Balaban J connectivity index is 0.00000256. The van der Waals surface area contributed by atoms with Crippen LogP contribution in [0.15, 0.2) is 0 Å². The first-order valence-corrected chi connectivity index (χ1v) is 7.81. The van der Waals surface area contributed by atoms with E-state index in [2.05, 4.69) is 0 Å². The molecule has 0 bridgehead atoms. The van der Waals surface area contributed by atoms with Crippen LogP contribution in [-0.4, -0.2) is 37.6 Å². The molecule has 0 aromatic rings. The van der Waals surface area contributed by atoms with Crippen molar-refractivity contribution in [3.63, 3.8) is 0 Å². The van der Waals surface area contributed by atoms with Crippen molar-refractivity contribution in [2.45, 2.75) is 45.6 Å². The summed E-state index contributed by atoms with van der Waals surface area (Å²) in [7, 11) is -3.10. The molecule has 0 radical (unpaired) electrons. The highest BCUT2D eigenvalue weighted by atomic mass is 35.5. The van der Waals surface area contributed by atoms with Crippen LogP contribution in [0.3, 0.4) is 0 Å². The van der Waals surface area contributed by atoms with Gasteiger partial charge in [-0.25, -0.2) is 8.42 Å². The summed E-state index contributed by atoms with van der Waals surface area (Å²) < 4.78 is 26.0.